The van der Waals surface area contributed by atoms with Gasteiger partial charge in [-0.2, -0.15) is 0 Å². The molecule has 0 amide bonds. The van der Waals surface area contributed by atoms with Crippen molar-refractivity contribution < 1.29 is 19.6 Å². The molecule has 0 spiro atoms. The second-order valence-electron chi connectivity index (χ2n) is 3.88. The van der Waals surface area contributed by atoms with E-state index >= 15 is 0 Å². The highest BCUT2D eigenvalue weighted by Gasteiger charge is 2.18. The van der Waals surface area contributed by atoms with Crippen LogP contribution < -0.4 is 4.90 Å². The molecule has 0 heterocycles. The van der Waals surface area contributed by atoms with E-state index in [4.69, 9.17) is 9.84 Å². The van der Waals surface area contributed by atoms with Crippen LogP contribution in [0.3, 0.4) is 0 Å². The number of carboxylic acid groups (broad SMARTS) is 1. The number of nitro groups is 1. The van der Waals surface area contributed by atoms with Crippen LogP contribution in [0, 0.1) is 10.1 Å². The fourth-order valence-corrected chi connectivity index (χ4v) is 1.61. The van der Waals surface area contributed by atoms with Crippen molar-refractivity contribution in [3.8, 4) is 0 Å². The molecule has 104 valence electrons. The van der Waals surface area contributed by atoms with Crippen LogP contribution in [0.4, 0.5) is 11.4 Å². The van der Waals surface area contributed by atoms with E-state index < -0.39 is 10.9 Å². The molecule has 0 fully saturated rings. The lowest BCUT2D eigenvalue weighted by Gasteiger charge is -2.20. The number of likely N-dealkylation sites (N-methyl/N-ethyl adjacent to an activating group) is 1. The highest BCUT2D eigenvalue weighted by Crippen LogP contribution is 2.24. The quantitative estimate of drug-likeness (QED) is 0.460. The Bertz CT molecular complexity index is 475. The molecular formula is C12H16N2O5. The number of rotatable bonds is 7. The maximum absolute atomic E-state index is 11.2. The van der Waals surface area contributed by atoms with Gasteiger partial charge in [0.15, 0.2) is 0 Å². The van der Waals surface area contributed by atoms with Crippen molar-refractivity contribution in [2.24, 2.45) is 0 Å². The van der Waals surface area contributed by atoms with Crippen LogP contribution in [-0.2, 0) is 4.74 Å². The second-order valence-corrected chi connectivity index (χ2v) is 3.88. The monoisotopic (exact) mass is 268 g/mol. The number of carboxylic acids is 1. The van der Waals surface area contributed by atoms with Crippen LogP contribution in [-0.4, -0.2) is 42.8 Å². The summed E-state index contributed by atoms with van der Waals surface area (Å²) in [5.41, 5.74) is 0.102. The van der Waals surface area contributed by atoms with Crippen LogP contribution >= 0.6 is 0 Å². The molecule has 0 atom stereocenters. The first-order valence-electron chi connectivity index (χ1n) is 5.78. The number of non-ortho nitro benzene ring substituents is 1. The van der Waals surface area contributed by atoms with Gasteiger partial charge >= 0.3 is 5.97 Å². The Balaban J connectivity index is 2.99. The third-order valence-electron chi connectivity index (χ3n) is 2.61. The minimum absolute atomic E-state index is 0.0896. The van der Waals surface area contributed by atoms with Gasteiger partial charge in [-0.05, 0) is 13.0 Å². The Hall–Kier alpha value is -2.15. The molecule has 0 aliphatic rings. The minimum Gasteiger partial charge on any atom is -0.478 e. The van der Waals surface area contributed by atoms with Crippen LogP contribution in [0.25, 0.3) is 0 Å². The summed E-state index contributed by atoms with van der Waals surface area (Å²) in [5, 5.41) is 19.8. The van der Waals surface area contributed by atoms with Crippen molar-refractivity contribution in [3.05, 3.63) is 33.9 Å². The van der Waals surface area contributed by atoms with Crippen LogP contribution in [0.2, 0.25) is 0 Å². The standard InChI is InChI=1S/C12H16N2O5/c1-3-19-7-6-13(2)11-5-4-9(14(17)18)8-10(11)12(15)16/h4-5,8H,3,6-7H2,1-2H3,(H,15,16). The SMILES string of the molecule is CCOCCN(C)c1ccc([N+](=O)[O-])cc1C(=O)O. The van der Waals surface area contributed by atoms with Gasteiger partial charge in [-0.15, -0.1) is 0 Å². The van der Waals surface area contributed by atoms with Gasteiger partial charge < -0.3 is 14.7 Å². The maximum Gasteiger partial charge on any atom is 0.338 e. The molecule has 0 aliphatic carbocycles. The summed E-state index contributed by atoms with van der Waals surface area (Å²) in [6.45, 7) is 3.42. The summed E-state index contributed by atoms with van der Waals surface area (Å²) in [5.74, 6) is -1.19. The fourth-order valence-electron chi connectivity index (χ4n) is 1.61. The molecule has 0 unspecified atom stereocenters. The van der Waals surface area contributed by atoms with Crippen molar-refractivity contribution in [2.45, 2.75) is 6.92 Å². The number of hydrogen-bond acceptors (Lipinski definition) is 5. The van der Waals surface area contributed by atoms with Gasteiger partial charge in [0.1, 0.15) is 0 Å². The number of benzene rings is 1. The van der Waals surface area contributed by atoms with Gasteiger partial charge in [0.25, 0.3) is 5.69 Å². The van der Waals surface area contributed by atoms with Gasteiger partial charge in [-0.3, -0.25) is 10.1 Å². The van der Waals surface area contributed by atoms with E-state index in [0.29, 0.717) is 25.4 Å². The molecule has 0 aliphatic heterocycles. The summed E-state index contributed by atoms with van der Waals surface area (Å²) >= 11 is 0. The van der Waals surface area contributed by atoms with Crippen molar-refractivity contribution >= 4 is 17.3 Å². The van der Waals surface area contributed by atoms with E-state index in [1.807, 2.05) is 6.92 Å². The van der Waals surface area contributed by atoms with Crippen molar-refractivity contribution in [3.63, 3.8) is 0 Å². The molecule has 1 aromatic rings. The van der Waals surface area contributed by atoms with E-state index in [0.717, 1.165) is 6.07 Å². The molecular weight excluding hydrogens is 252 g/mol. The van der Waals surface area contributed by atoms with Crippen LogP contribution in [0.15, 0.2) is 18.2 Å². The van der Waals surface area contributed by atoms with Crippen molar-refractivity contribution in [2.75, 3.05) is 31.7 Å². The van der Waals surface area contributed by atoms with Gasteiger partial charge in [0, 0.05) is 32.3 Å². The number of aromatic carboxylic acids is 1. The first-order valence-corrected chi connectivity index (χ1v) is 5.78. The molecule has 1 rings (SSSR count). The number of nitrogens with zero attached hydrogens (tertiary/aromatic N) is 2. The molecule has 1 N–H and O–H groups in total. The first kappa shape index (κ1) is 14.9. The molecule has 0 aromatic heterocycles. The molecule has 19 heavy (non-hydrogen) atoms. The number of nitro benzene ring substituents is 1. The lowest BCUT2D eigenvalue weighted by atomic mass is 10.1. The summed E-state index contributed by atoms with van der Waals surface area (Å²) < 4.78 is 5.19. The fraction of sp³-hybridized carbons (Fsp3) is 0.417. The first-order chi connectivity index (χ1) is 8.97. The van der Waals surface area contributed by atoms with E-state index in [1.54, 1.807) is 11.9 Å². The third-order valence-corrected chi connectivity index (χ3v) is 2.61. The molecule has 0 saturated heterocycles. The number of hydrogen-bond donors (Lipinski definition) is 1. The summed E-state index contributed by atoms with van der Waals surface area (Å²) in [7, 11) is 1.71. The number of ether oxygens (including phenoxy) is 1. The predicted molar refractivity (Wildman–Crippen MR) is 69.8 cm³/mol. The number of anilines is 1. The Morgan fingerprint density at radius 1 is 1.53 bits per heavy atom. The highest BCUT2D eigenvalue weighted by molar-refractivity contribution is 5.95. The van der Waals surface area contributed by atoms with E-state index in [-0.39, 0.29) is 11.3 Å². The van der Waals surface area contributed by atoms with Gasteiger partial charge in [-0.1, -0.05) is 0 Å². The zero-order chi connectivity index (χ0) is 14.4. The average Bonchev–Trinajstić information content (AvgIpc) is 2.38. The largest absolute Gasteiger partial charge is 0.478 e. The maximum atomic E-state index is 11.2. The highest BCUT2D eigenvalue weighted by atomic mass is 16.6. The molecule has 7 nitrogen and oxygen atoms in total. The summed E-state index contributed by atoms with van der Waals surface area (Å²) in [6.07, 6.45) is 0. The summed E-state index contributed by atoms with van der Waals surface area (Å²) in [6, 6.07) is 3.79. The Kier molecular flexibility index (Phi) is 5.25. The lowest BCUT2D eigenvalue weighted by molar-refractivity contribution is -0.384. The van der Waals surface area contributed by atoms with E-state index in [9.17, 15) is 14.9 Å². The molecule has 7 heteroatoms. The molecule has 0 radical (unpaired) electrons. The van der Waals surface area contributed by atoms with Gasteiger partial charge in [-0.25, -0.2) is 4.79 Å². The van der Waals surface area contributed by atoms with Gasteiger partial charge in [0.05, 0.1) is 22.8 Å². The lowest BCUT2D eigenvalue weighted by Crippen LogP contribution is -2.24. The molecule has 0 saturated carbocycles. The Labute approximate surface area is 110 Å². The van der Waals surface area contributed by atoms with E-state index in [1.165, 1.54) is 12.1 Å². The smallest absolute Gasteiger partial charge is 0.338 e. The number of carbonyl (C=O) groups is 1. The minimum atomic E-state index is -1.19. The molecule has 1 aromatic carbocycles. The van der Waals surface area contributed by atoms with Crippen molar-refractivity contribution in [1.29, 1.82) is 0 Å². The van der Waals surface area contributed by atoms with Crippen LogP contribution in [0.1, 0.15) is 17.3 Å². The average molecular weight is 268 g/mol. The predicted octanol–water partition coefficient (Wildman–Crippen LogP) is 1.77. The molecule has 0 bridgehead atoms. The zero-order valence-corrected chi connectivity index (χ0v) is 10.8. The normalized spacial score (nSPS) is 10.2. The summed E-state index contributed by atoms with van der Waals surface area (Å²) in [4.78, 5) is 22.9. The topological polar surface area (TPSA) is 92.9 Å². The Morgan fingerprint density at radius 2 is 2.21 bits per heavy atom. The zero-order valence-electron chi connectivity index (χ0n) is 10.8. The Morgan fingerprint density at radius 3 is 2.74 bits per heavy atom. The van der Waals surface area contributed by atoms with Crippen LogP contribution in [0.5, 0.6) is 0 Å². The second kappa shape index (κ2) is 6.69. The van der Waals surface area contributed by atoms with Crippen molar-refractivity contribution in [1.82, 2.24) is 0 Å². The third kappa shape index (κ3) is 3.92. The van der Waals surface area contributed by atoms with E-state index in [2.05, 4.69) is 0 Å². The van der Waals surface area contributed by atoms with Gasteiger partial charge in [0.2, 0.25) is 0 Å².